The summed E-state index contributed by atoms with van der Waals surface area (Å²) < 4.78 is 12.7. The third-order valence-corrected chi connectivity index (χ3v) is 5.49. The van der Waals surface area contributed by atoms with Gasteiger partial charge in [0.05, 0.1) is 18.8 Å². The van der Waals surface area contributed by atoms with E-state index in [1.807, 2.05) is 29.7 Å². The molecule has 0 amide bonds. The van der Waals surface area contributed by atoms with Crippen LogP contribution in [-0.2, 0) is 0 Å². The topological polar surface area (TPSA) is 65.7 Å². The zero-order valence-electron chi connectivity index (χ0n) is 13.4. The van der Waals surface area contributed by atoms with Gasteiger partial charge in [-0.2, -0.15) is 0 Å². The zero-order valence-corrected chi connectivity index (χ0v) is 15.1. The fraction of sp³-hybridized carbons (Fsp3) is 0.118. The smallest absolute Gasteiger partial charge is 0.276 e. The Bertz CT molecular complexity index is 1150. The molecular formula is C17H13N3O3S2. The lowest BCUT2D eigenvalue weighted by Gasteiger charge is -2.08. The van der Waals surface area contributed by atoms with Crippen molar-refractivity contribution in [3.8, 4) is 22.9 Å². The predicted octanol–water partition coefficient (Wildman–Crippen LogP) is 2.44. The predicted molar refractivity (Wildman–Crippen MR) is 98.8 cm³/mol. The van der Waals surface area contributed by atoms with Crippen molar-refractivity contribution in [3.05, 3.63) is 55.5 Å². The number of nitrogens with zero attached hydrogens (tertiary/aromatic N) is 3. The first kappa shape index (κ1) is 15.8. The van der Waals surface area contributed by atoms with Crippen LogP contribution in [0.5, 0.6) is 11.5 Å². The van der Waals surface area contributed by atoms with Gasteiger partial charge in [-0.15, -0.1) is 21.5 Å². The van der Waals surface area contributed by atoms with Crippen molar-refractivity contribution in [1.29, 1.82) is 0 Å². The number of methoxy groups -OCH3 is 2. The molecule has 0 saturated carbocycles. The number of hydrogen-bond donors (Lipinski definition) is 0. The highest BCUT2D eigenvalue weighted by molar-refractivity contribution is 7.15. The molecule has 4 rings (SSSR count). The Morgan fingerprint density at radius 1 is 1.12 bits per heavy atom. The van der Waals surface area contributed by atoms with Gasteiger partial charge in [0.15, 0.2) is 17.3 Å². The van der Waals surface area contributed by atoms with Crippen molar-refractivity contribution in [1.82, 2.24) is 14.6 Å². The molecule has 8 heteroatoms. The molecule has 0 radical (unpaired) electrons. The van der Waals surface area contributed by atoms with Crippen molar-refractivity contribution in [3.63, 3.8) is 0 Å². The lowest BCUT2D eigenvalue weighted by atomic mass is 10.2. The van der Waals surface area contributed by atoms with Crippen molar-refractivity contribution in [2.24, 2.45) is 0 Å². The van der Waals surface area contributed by atoms with E-state index in [1.165, 1.54) is 15.7 Å². The van der Waals surface area contributed by atoms with Crippen LogP contribution in [-0.4, -0.2) is 28.8 Å². The highest BCUT2D eigenvalue weighted by Gasteiger charge is 2.16. The van der Waals surface area contributed by atoms with Gasteiger partial charge in [0, 0.05) is 10.4 Å². The molecule has 6 nitrogen and oxygen atoms in total. The Morgan fingerprint density at radius 2 is 1.96 bits per heavy atom. The number of thiazole rings is 1. The highest BCUT2D eigenvalue weighted by atomic mass is 32.1. The summed E-state index contributed by atoms with van der Waals surface area (Å²) in [6.45, 7) is 0. The second-order valence-electron chi connectivity index (χ2n) is 5.14. The molecule has 126 valence electrons. The molecule has 0 aliphatic heterocycles. The zero-order chi connectivity index (χ0) is 17.4. The number of benzene rings is 1. The summed E-state index contributed by atoms with van der Waals surface area (Å²) >= 11 is 2.91. The van der Waals surface area contributed by atoms with Crippen molar-refractivity contribution in [2.75, 3.05) is 14.2 Å². The van der Waals surface area contributed by atoms with E-state index in [0.29, 0.717) is 26.8 Å². The highest BCUT2D eigenvalue weighted by Crippen LogP contribution is 2.31. The summed E-state index contributed by atoms with van der Waals surface area (Å²) in [5, 5.41) is 10.3. The van der Waals surface area contributed by atoms with Gasteiger partial charge in [0.2, 0.25) is 4.96 Å². The summed E-state index contributed by atoms with van der Waals surface area (Å²) in [6.07, 6.45) is 1.88. The minimum absolute atomic E-state index is 0.122. The first-order valence-corrected chi connectivity index (χ1v) is 9.06. The minimum atomic E-state index is -0.122. The number of aromatic nitrogens is 3. The Morgan fingerprint density at radius 3 is 2.68 bits per heavy atom. The fourth-order valence-electron chi connectivity index (χ4n) is 2.53. The average molecular weight is 371 g/mol. The van der Waals surface area contributed by atoms with Gasteiger partial charge >= 0.3 is 0 Å². The van der Waals surface area contributed by atoms with Crippen LogP contribution >= 0.6 is 22.7 Å². The lowest BCUT2D eigenvalue weighted by molar-refractivity contribution is 0.355. The first-order valence-electron chi connectivity index (χ1n) is 7.37. The number of thiophene rings is 1. The molecule has 0 aliphatic rings. The van der Waals surface area contributed by atoms with Crippen molar-refractivity contribution >= 4 is 33.7 Å². The van der Waals surface area contributed by atoms with E-state index in [0.717, 1.165) is 10.4 Å². The van der Waals surface area contributed by atoms with Gasteiger partial charge in [-0.05, 0) is 35.7 Å². The molecule has 4 aromatic rings. The van der Waals surface area contributed by atoms with Crippen LogP contribution in [0.25, 0.3) is 22.4 Å². The van der Waals surface area contributed by atoms with E-state index in [9.17, 15) is 4.79 Å². The van der Waals surface area contributed by atoms with E-state index < -0.39 is 0 Å². The van der Waals surface area contributed by atoms with Gasteiger partial charge in [0.25, 0.3) is 5.56 Å². The van der Waals surface area contributed by atoms with Gasteiger partial charge in [-0.25, -0.2) is 4.40 Å². The summed E-state index contributed by atoms with van der Waals surface area (Å²) in [5.74, 6) is 1.68. The molecule has 0 spiro atoms. The Balaban J connectivity index is 1.90. The van der Waals surface area contributed by atoms with Gasteiger partial charge in [-0.1, -0.05) is 17.4 Å². The molecule has 0 unspecified atom stereocenters. The maximum atomic E-state index is 12.8. The number of hydrogen-bond acceptors (Lipinski definition) is 7. The van der Waals surface area contributed by atoms with E-state index in [1.54, 1.807) is 37.7 Å². The largest absolute Gasteiger partial charge is 0.493 e. The molecule has 0 aliphatic carbocycles. The quantitative estimate of drug-likeness (QED) is 0.551. The normalized spacial score (nSPS) is 12.0. The lowest BCUT2D eigenvalue weighted by Crippen LogP contribution is -2.23. The van der Waals surface area contributed by atoms with Gasteiger partial charge in [-0.3, -0.25) is 4.79 Å². The van der Waals surface area contributed by atoms with Crippen LogP contribution in [0.3, 0.4) is 0 Å². The van der Waals surface area contributed by atoms with Gasteiger partial charge in [0.1, 0.15) is 0 Å². The van der Waals surface area contributed by atoms with Crippen LogP contribution in [0.15, 0.2) is 40.5 Å². The van der Waals surface area contributed by atoms with E-state index in [4.69, 9.17) is 9.47 Å². The number of ether oxygens (including phenoxy) is 2. The standard InChI is InChI=1S/C17H13N3O3S2/c1-22-12-6-5-10(8-13(12)23-2)15-18-19-17-20(15)16(21)14(25-17)9-11-4-3-7-24-11/h3-9H,1-2H3/b14-9-. The molecule has 0 N–H and O–H groups in total. The summed E-state index contributed by atoms with van der Waals surface area (Å²) in [6, 6.07) is 9.33. The Kier molecular flexibility index (Phi) is 3.98. The van der Waals surface area contributed by atoms with Crippen molar-refractivity contribution in [2.45, 2.75) is 0 Å². The average Bonchev–Trinajstić information content (AvgIpc) is 3.35. The van der Waals surface area contributed by atoms with Crippen LogP contribution in [0.2, 0.25) is 0 Å². The SMILES string of the molecule is COc1ccc(-c2nnc3s/c(=C\c4cccs4)c(=O)n23)cc1OC. The molecular weight excluding hydrogens is 358 g/mol. The maximum absolute atomic E-state index is 12.8. The van der Waals surface area contributed by atoms with Crippen LogP contribution in [0.4, 0.5) is 0 Å². The van der Waals surface area contributed by atoms with E-state index in [2.05, 4.69) is 10.2 Å². The third-order valence-electron chi connectivity index (χ3n) is 3.71. The second kappa shape index (κ2) is 6.30. The monoisotopic (exact) mass is 371 g/mol. The summed E-state index contributed by atoms with van der Waals surface area (Å²) in [4.78, 5) is 14.4. The van der Waals surface area contributed by atoms with Gasteiger partial charge < -0.3 is 9.47 Å². The molecule has 0 saturated heterocycles. The molecule has 0 fully saturated rings. The Hall–Kier alpha value is -2.71. The Labute approximate surface area is 150 Å². The molecule has 25 heavy (non-hydrogen) atoms. The molecule has 0 atom stereocenters. The first-order chi connectivity index (χ1) is 12.2. The van der Waals surface area contributed by atoms with Crippen LogP contribution in [0, 0.1) is 0 Å². The fourth-order valence-corrected chi connectivity index (χ4v) is 4.16. The second-order valence-corrected chi connectivity index (χ2v) is 7.13. The summed E-state index contributed by atoms with van der Waals surface area (Å²) in [7, 11) is 3.15. The van der Waals surface area contributed by atoms with E-state index >= 15 is 0 Å². The molecule has 1 aromatic carbocycles. The maximum Gasteiger partial charge on any atom is 0.276 e. The number of rotatable bonds is 4. The third kappa shape index (κ3) is 2.69. The van der Waals surface area contributed by atoms with Crippen LogP contribution in [0.1, 0.15) is 4.88 Å². The van der Waals surface area contributed by atoms with Crippen LogP contribution < -0.4 is 19.6 Å². The minimum Gasteiger partial charge on any atom is -0.493 e. The molecule has 3 aromatic heterocycles. The van der Waals surface area contributed by atoms with E-state index in [-0.39, 0.29) is 5.56 Å². The molecule has 0 bridgehead atoms. The molecule has 3 heterocycles. The summed E-state index contributed by atoms with van der Waals surface area (Å²) in [5.41, 5.74) is 0.617. The number of fused-ring (bicyclic) bond motifs is 1. The van der Waals surface area contributed by atoms with Crippen molar-refractivity contribution < 1.29 is 9.47 Å².